The van der Waals surface area contributed by atoms with Crippen molar-refractivity contribution in [2.24, 2.45) is 5.73 Å². The normalized spacial score (nSPS) is 18.2. The molecule has 1 fully saturated rings. The number of rotatable bonds is 6. The van der Waals surface area contributed by atoms with Crippen LogP contribution in [0, 0.1) is 15.9 Å². The number of nitro benzene ring substituents is 1. The number of nitrogens with zero attached hydrogens (tertiary/aromatic N) is 3. The molecule has 10 heteroatoms. The number of nitro groups is 1. The Bertz CT molecular complexity index is 1140. The molecular weight excluding hydrogens is 413 g/mol. The molecule has 156 valence electrons. The molecule has 0 radical (unpaired) electrons. The van der Waals surface area contributed by atoms with Crippen molar-refractivity contribution in [3.63, 3.8) is 0 Å². The SMILES string of the molecule is NC1CC(c2nn(CC(=O)NCc3cccc(Cl)c3F)c3ccc([N+](=O)[O-])cc23)C1. The van der Waals surface area contributed by atoms with Crippen LogP contribution in [0.2, 0.25) is 5.02 Å². The summed E-state index contributed by atoms with van der Waals surface area (Å²) in [5.41, 5.74) is 7.47. The van der Waals surface area contributed by atoms with Crippen molar-refractivity contribution in [1.29, 1.82) is 0 Å². The monoisotopic (exact) mass is 431 g/mol. The number of hydrogen-bond acceptors (Lipinski definition) is 5. The smallest absolute Gasteiger partial charge is 0.270 e. The first-order valence-corrected chi connectivity index (χ1v) is 9.81. The molecule has 0 spiro atoms. The van der Waals surface area contributed by atoms with Crippen molar-refractivity contribution in [2.45, 2.75) is 37.9 Å². The molecular formula is C20H19ClFN5O3. The van der Waals surface area contributed by atoms with Crippen LogP contribution < -0.4 is 11.1 Å². The summed E-state index contributed by atoms with van der Waals surface area (Å²) in [5.74, 6) is -0.830. The van der Waals surface area contributed by atoms with Crippen LogP contribution in [0.4, 0.5) is 10.1 Å². The highest BCUT2D eigenvalue weighted by atomic mass is 35.5. The average molecular weight is 432 g/mol. The summed E-state index contributed by atoms with van der Waals surface area (Å²) < 4.78 is 15.5. The van der Waals surface area contributed by atoms with Gasteiger partial charge in [0.05, 0.1) is 21.2 Å². The van der Waals surface area contributed by atoms with Crippen LogP contribution in [0.1, 0.15) is 30.0 Å². The molecule has 1 aromatic heterocycles. The number of carbonyl (C=O) groups excluding carboxylic acids is 1. The van der Waals surface area contributed by atoms with Gasteiger partial charge in [-0.05, 0) is 25.0 Å². The summed E-state index contributed by atoms with van der Waals surface area (Å²) in [6.45, 7) is -0.116. The molecule has 0 unspecified atom stereocenters. The summed E-state index contributed by atoms with van der Waals surface area (Å²) >= 11 is 5.76. The lowest BCUT2D eigenvalue weighted by molar-refractivity contribution is -0.384. The third kappa shape index (κ3) is 3.86. The van der Waals surface area contributed by atoms with Gasteiger partial charge in [0.25, 0.3) is 5.69 Å². The van der Waals surface area contributed by atoms with Gasteiger partial charge in [0.15, 0.2) is 0 Å². The van der Waals surface area contributed by atoms with Gasteiger partial charge in [-0.1, -0.05) is 23.7 Å². The van der Waals surface area contributed by atoms with Crippen molar-refractivity contribution >= 4 is 34.1 Å². The molecule has 0 saturated heterocycles. The number of carbonyl (C=O) groups is 1. The van der Waals surface area contributed by atoms with Crippen molar-refractivity contribution < 1.29 is 14.1 Å². The lowest BCUT2D eigenvalue weighted by Gasteiger charge is -2.31. The van der Waals surface area contributed by atoms with E-state index in [9.17, 15) is 19.3 Å². The zero-order valence-electron chi connectivity index (χ0n) is 15.8. The number of nitrogens with two attached hydrogens (primary N) is 1. The van der Waals surface area contributed by atoms with E-state index in [1.807, 2.05) is 0 Å². The third-order valence-electron chi connectivity index (χ3n) is 5.34. The summed E-state index contributed by atoms with van der Waals surface area (Å²) in [6.07, 6.45) is 1.49. The molecule has 0 bridgehead atoms. The maximum absolute atomic E-state index is 14.0. The van der Waals surface area contributed by atoms with Crippen LogP contribution in [0.5, 0.6) is 0 Å². The Balaban J connectivity index is 1.56. The molecule has 3 N–H and O–H groups in total. The minimum Gasteiger partial charge on any atom is -0.350 e. The number of benzene rings is 2. The minimum absolute atomic E-state index is 0.00948. The number of fused-ring (bicyclic) bond motifs is 1. The van der Waals surface area contributed by atoms with Gasteiger partial charge in [-0.3, -0.25) is 19.6 Å². The highest BCUT2D eigenvalue weighted by molar-refractivity contribution is 6.30. The number of halogens is 2. The first kappa shape index (κ1) is 20.2. The van der Waals surface area contributed by atoms with E-state index in [0.29, 0.717) is 16.6 Å². The van der Waals surface area contributed by atoms with Gasteiger partial charge in [0.2, 0.25) is 5.91 Å². The molecule has 2 aromatic carbocycles. The third-order valence-corrected chi connectivity index (χ3v) is 5.63. The maximum Gasteiger partial charge on any atom is 0.270 e. The molecule has 1 aliphatic rings. The zero-order valence-corrected chi connectivity index (χ0v) is 16.6. The Hall–Kier alpha value is -3.04. The summed E-state index contributed by atoms with van der Waals surface area (Å²) in [4.78, 5) is 23.2. The van der Waals surface area contributed by atoms with Gasteiger partial charge in [-0.15, -0.1) is 0 Å². The Kier molecular flexibility index (Phi) is 5.40. The number of aromatic nitrogens is 2. The predicted molar refractivity (Wildman–Crippen MR) is 110 cm³/mol. The van der Waals surface area contributed by atoms with Crippen molar-refractivity contribution in [3.8, 4) is 0 Å². The molecule has 0 aliphatic heterocycles. The first-order chi connectivity index (χ1) is 14.3. The van der Waals surface area contributed by atoms with Gasteiger partial charge >= 0.3 is 0 Å². The molecule has 4 rings (SSSR count). The fourth-order valence-corrected chi connectivity index (χ4v) is 3.88. The molecule has 8 nitrogen and oxygen atoms in total. The van der Waals surface area contributed by atoms with E-state index in [0.717, 1.165) is 12.8 Å². The molecule has 30 heavy (non-hydrogen) atoms. The molecule has 1 heterocycles. The van der Waals surface area contributed by atoms with E-state index in [-0.39, 0.29) is 47.2 Å². The van der Waals surface area contributed by atoms with Crippen molar-refractivity contribution in [3.05, 3.63) is 68.6 Å². The second kappa shape index (κ2) is 8.00. The Morgan fingerprint density at radius 1 is 1.37 bits per heavy atom. The van der Waals surface area contributed by atoms with Gasteiger partial charge in [-0.2, -0.15) is 5.10 Å². The number of hydrogen-bond donors (Lipinski definition) is 2. The molecule has 1 amide bonds. The second-order valence-corrected chi connectivity index (χ2v) is 7.83. The van der Waals surface area contributed by atoms with Crippen LogP contribution in [-0.4, -0.2) is 26.7 Å². The highest BCUT2D eigenvalue weighted by Gasteiger charge is 2.32. The van der Waals surface area contributed by atoms with Gasteiger partial charge < -0.3 is 11.1 Å². The molecule has 0 atom stereocenters. The molecule has 1 saturated carbocycles. The van der Waals surface area contributed by atoms with Crippen LogP contribution in [0.3, 0.4) is 0 Å². The lowest BCUT2D eigenvalue weighted by Crippen LogP contribution is -2.35. The van der Waals surface area contributed by atoms with E-state index in [2.05, 4.69) is 10.4 Å². The van der Waals surface area contributed by atoms with E-state index in [1.165, 1.54) is 22.9 Å². The number of non-ortho nitro benzene ring substituents is 1. The fraction of sp³-hybridized carbons (Fsp3) is 0.300. The molecule has 1 aliphatic carbocycles. The van der Waals surface area contributed by atoms with Crippen LogP contribution >= 0.6 is 11.6 Å². The summed E-state index contributed by atoms with van der Waals surface area (Å²) in [5, 5.41) is 19.0. The van der Waals surface area contributed by atoms with E-state index in [4.69, 9.17) is 17.3 Å². The quantitative estimate of drug-likeness (QED) is 0.459. The Morgan fingerprint density at radius 3 is 2.83 bits per heavy atom. The lowest BCUT2D eigenvalue weighted by atomic mass is 9.78. The minimum atomic E-state index is -0.570. The largest absolute Gasteiger partial charge is 0.350 e. The summed E-state index contributed by atoms with van der Waals surface area (Å²) in [6, 6.07) is 9.13. The van der Waals surface area contributed by atoms with Crippen LogP contribution in [-0.2, 0) is 17.9 Å². The maximum atomic E-state index is 14.0. The van der Waals surface area contributed by atoms with Gasteiger partial charge in [0, 0.05) is 41.6 Å². The standard InChI is InChI=1S/C20H19ClFN5O3/c21-16-3-1-2-11(19(16)22)9-24-18(28)10-26-17-5-4-14(27(29)30)8-15(17)20(25-26)12-6-13(23)7-12/h1-5,8,12-13H,6-7,9-10,23H2,(H,24,28). The predicted octanol–water partition coefficient (Wildman–Crippen LogP) is 3.26. The van der Waals surface area contributed by atoms with Crippen molar-refractivity contribution in [2.75, 3.05) is 0 Å². The molecule has 3 aromatic rings. The van der Waals surface area contributed by atoms with Gasteiger partial charge in [0.1, 0.15) is 12.4 Å². The van der Waals surface area contributed by atoms with E-state index in [1.54, 1.807) is 18.2 Å². The van der Waals surface area contributed by atoms with E-state index < -0.39 is 10.7 Å². The second-order valence-electron chi connectivity index (χ2n) is 7.42. The highest BCUT2D eigenvalue weighted by Crippen LogP contribution is 2.39. The average Bonchev–Trinajstić information content (AvgIpc) is 3.04. The van der Waals surface area contributed by atoms with Crippen molar-refractivity contribution in [1.82, 2.24) is 15.1 Å². The number of amides is 1. The first-order valence-electron chi connectivity index (χ1n) is 9.43. The topological polar surface area (TPSA) is 116 Å². The van der Waals surface area contributed by atoms with Crippen LogP contribution in [0.15, 0.2) is 36.4 Å². The van der Waals surface area contributed by atoms with E-state index >= 15 is 0 Å². The number of nitrogens with one attached hydrogen (secondary N) is 1. The summed E-state index contributed by atoms with van der Waals surface area (Å²) in [7, 11) is 0. The van der Waals surface area contributed by atoms with Crippen LogP contribution in [0.25, 0.3) is 10.9 Å². The zero-order chi connectivity index (χ0) is 21.4. The Labute approximate surface area is 175 Å². The van der Waals surface area contributed by atoms with Gasteiger partial charge in [-0.25, -0.2) is 4.39 Å². The fourth-order valence-electron chi connectivity index (χ4n) is 3.68. The Morgan fingerprint density at radius 2 is 2.13 bits per heavy atom.